The Morgan fingerprint density at radius 1 is 0.967 bits per heavy atom. The molecule has 0 radical (unpaired) electrons. The van der Waals surface area contributed by atoms with Crippen LogP contribution < -0.4 is 10.6 Å². The van der Waals surface area contributed by atoms with Gasteiger partial charge in [0.1, 0.15) is 5.69 Å². The summed E-state index contributed by atoms with van der Waals surface area (Å²) < 4.78 is 23.9. The summed E-state index contributed by atoms with van der Waals surface area (Å²) in [4.78, 5) is 39.0. The van der Waals surface area contributed by atoms with Crippen LogP contribution in [0, 0.1) is 0 Å². The number of aromatic amines is 2. The monoisotopic (exact) mass is 424 g/mol. The minimum Gasteiger partial charge on any atom is -0.340 e. The number of benzene rings is 2. The highest BCUT2D eigenvalue weighted by Crippen LogP contribution is 2.21. The third-order valence-corrected chi connectivity index (χ3v) is 5.39. The van der Waals surface area contributed by atoms with Crippen LogP contribution in [0.25, 0.3) is 11.0 Å². The van der Waals surface area contributed by atoms with Crippen LogP contribution in [0.1, 0.15) is 21.0 Å². The molecule has 4 N–H and O–H groups in total. The van der Waals surface area contributed by atoms with Gasteiger partial charge in [0, 0.05) is 6.26 Å². The predicted molar refractivity (Wildman–Crippen MR) is 110 cm³/mol. The van der Waals surface area contributed by atoms with Crippen molar-refractivity contribution in [3.05, 3.63) is 66.2 Å². The summed E-state index contributed by atoms with van der Waals surface area (Å²) in [5.74, 6) is -1.15. The van der Waals surface area contributed by atoms with Crippen LogP contribution >= 0.6 is 0 Å². The fraction of sp³-hybridized carbons (Fsp3) is 0.0526. The van der Waals surface area contributed by atoms with E-state index in [1.807, 2.05) is 18.2 Å². The first-order valence-corrected chi connectivity index (χ1v) is 10.6. The highest BCUT2D eigenvalue weighted by atomic mass is 32.2. The van der Waals surface area contributed by atoms with Crippen LogP contribution in [0.15, 0.2) is 59.8 Å². The number of nitrogens with zero attached hydrogens (tertiary/aromatic N) is 2. The molecule has 11 heteroatoms. The molecule has 4 rings (SSSR count). The van der Waals surface area contributed by atoms with Crippen LogP contribution in [0.4, 0.5) is 11.6 Å². The molecule has 0 spiro atoms. The van der Waals surface area contributed by atoms with Gasteiger partial charge in [-0.1, -0.05) is 24.3 Å². The second kappa shape index (κ2) is 7.44. The SMILES string of the molecule is CS(=O)(=O)c1ccccc1NC(=O)c1nc[nH]c1C(=O)Nc1nc2ccccc2[nH]1. The van der Waals surface area contributed by atoms with Gasteiger partial charge < -0.3 is 15.3 Å². The maximum Gasteiger partial charge on any atom is 0.276 e. The highest BCUT2D eigenvalue weighted by molar-refractivity contribution is 7.90. The van der Waals surface area contributed by atoms with E-state index in [9.17, 15) is 18.0 Å². The molecule has 2 aromatic carbocycles. The average Bonchev–Trinajstić information content (AvgIpc) is 3.34. The number of amides is 2. The number of para-hydroxylation sites is 3. The first kappa shape index (κ1) is 19.3. The smallest absolute Gasteiger partial charge is 0.276 e. The van der Waals surface area contributed by atoms with Gasteiger partial charge in [0.05, 0.1) is 27.9 Å². The van der Waals surface area contributed by atoms with Gasteiger partial charge in [-0.3, -0.25) is 14.9 Å². The van der Waals surface area contributed by atoms with Crippen molar-refractivity contribution in [1.82, 2.24) is 19.9 Å². The Bertz CT molecular complexity index is 1340. The molecule has 4 aromatic rings. The maximum absolute atomic E-state index is 12.7. The Morgan fingerprint density at radius 3 is 2.47 bits per heavy atom. The molecule has 10 nitrogen and oxygen atoms in total. The zero-order valence-electron chi connectivity index (χ0n) is 15.6. The molecular formula is C19H16N6O4S. The summed E-state index contributed by atoms with van der Waals surface area (Å²) >= 11 is 0. The number of carbonyl (C=O) groups excluding carboxylic acids is 2. The number of imidazole rings is 2. The standard InChI is InChI=1S/C19H16N6O4S/c1-30(28,29)14-9-5-4-8-13(14)22-17(26)15-16(21-10-20-15)18(27)25-19-23-11-6-2-3-7-12(11)24-19/h2-10H,1H3,(H,20,21)(H,22,26)(H2,23,24,25,27). The van der Waals surface area contributed by atoms with Crippen molar-refractivity contribution in [2.45, 2.75) is 4.90 Å². The molecule has 2 amide bonds. The molecule has 0 saturated heterocycles. The Hall–Kier alpha value is -3.99. The molecule has 0 aliphatic heterocycles. The van der Waals surface area contributed by atoms with Gasteiger partial charge >= 0.3 is 0 Å². The lowest BCUT2D eigenvalue weighted by Gasteiger charge is -2.09. The van der Waals surface area contributed by atoms with E-state index >= 15 is 0 Å². The topological polar surface area (TPSA) is 150 Å². The number of hydrogen-bond acceptors (Lipinski definition) is 6. The molecule has 0 aliphatic rings. The van der Waals surface area contributed by atoms with Gasteiger partial charge in [-0.05, 0) is 24.3 Å². The Kier molecular flexibility index (Phi) is 4.80. The lowest BCUT2D eigenvalue weighted by atomic mass is 10.2. The quantitative estimate of drug-likeness (QED) is 0.386. The first-order valence-electron chi connectivity index (χ1n) is 8.73. The van der Waals surface area contributed by atoms with E-state index in [0.29, 0.717) is 5.52 Å². The van der Waals surface area contributed by atoms with Gasteiger partial charge in [-0.15, -0.1) is 0 Å². The third-order valence-electron chi connectivity index (χ3n) is 4.24. The second-order valence-electron chi connectivity index (χ2n) is 6.41. The van der Waals surface area contributed by atoms with Crippen LogP contribution in [0.5, 0.6) is 0 Å². The van der Waals surface area contributed by atoms with Crippen LogP contribution in [0.3, 0.4) is 0 Å². The summed E-state index contributed by atoms with van der Waals surface area (Å²) in [5, 5.41) is 5.07. The number of hydrogen-bond donors (Lipinski definition) is 4. The zero-order chi connectivity index (χ0) is 21.3. The van der Waals surface area contributed by atoms with E-state index in [-0.39, 0.29) is 27.9 Å². The van der Waals surface area contributed by atoms with Crippen molar-refractivity contribution in [2.75, 3.05) is 16.9 Å². The highest BCUT2D eigenvalue weighted by Gasteiger charge is 2.23. The number of carbonyl (C=O) groups is 2. The summed E-state index contributed by atoms with van der Waals surface area (Å²) in [5.41, 5.74) is 1.23. The van der Waals surface area contributed by atoms with E-state index < -0.39 is 21.7 Å². The van der Waals surface area contributed by atoms with Crippen molar-refractivity contribution in [3.63, 3.8) is 0 Å². The Morgan fingerprint density at radius 2 is 1.70 bits per heavy atom. The molecule has 0 aliphatic carbocycles. The van der Waals surface area contributed by atoms with Gasteiger partial charge in [0.2, 0.25) is 5.95 Å². The van der Waals surface area contributed by atoms with Gasteiger partial charge in [-0.25, -0.2) is 18.4 Å². The van der Waals surface area contributed by atoms with E-state index in [1.165, 1.54) is 18.5 Å². The number of sulfone groups is 1. The number of H-pyrrole nitrogens is 2. The second-order valence-corrected chi connectivity index (χ2v) is 8.39. The van der Waals surface area contributed by atoms with Gasteiger partial charge in [-0.2, -0.15) is 0 Å². The van der Waals surface area contributed by atoms with Crippen LogP contribution in [0.2, 0.25) is 0 Å². The largest absolute Gasteiger partial charge is 0.340 e. The lowest BCUT2D eigenvalue weighted by Crippen LogP contribution is -2.21. The molecule has 0 atom stereocenters. The van der Waals surface area contributed by atoms with E-state index in [4.69, 9.17) is 0 Å². The van der Waals surface area contributed by atoms with Crippen molar-refractivity contribution in [1.29, 1.82) is 0 Å². The van der Waals surface area contributed by atoms with Gasteiger partial charge in [0.25, 0.3) is 11.8 Å². The zero-order valence-corrected chi connectivity index (χ0v) is 16.4. The maximum atomic E-state index is 12.7. The fourth-order valence-corrected chi connectivity index (χ4v) is 3.74. The number of aromatic nitrogens is 4. The van der Waals surface area contributed by atoms with E-state index in [1.54, 1.807) is 18.2 Å². The van der Waals surface area contributed by atoms with Gasteiger partial charge in [0.15, 0.2) is 15.5 Å². The van der Waals surface area contributed by atoms with Crippen molar-refractivity contribution < 1.29 is 18.0 Å². The summed E-state index contributed by atoms with van der Waals surface area (Å²) in [7, 11) is -3.56. The molecule has 0 saturated carbocycles. The van der Waals surface area contributed by atoms with Crippen LogP contribution in [-0.2, 0) is 9.84 Å². The Labute approximate surface area is 170 Å². The van der Waals surface area contributed by atoms with Crippen LogP contribution in [-0.4, -0.2) is 46.4 Å². The van der Waals surface area contributed by atoms with E-state index in [0.717, 1.165) is 11.8 Å². The predicted octanol–water partition coefficient (Wildman–Crippen LogP) is 2.19. The number of nitrogens with one attached hydrogen (secondary N) is 4. The number of anilines is 2. The molecule has 152 valence electrons. The normalized spacial score (nSPS) is 11.4. The number of rotatable bonds is 5. The summed E-state index contributed by atoms with van der Waals surface area (Å²) in [6, 6.07) is 13.2. The van der Waals surface area contributed by atoms with Crippen molar-refractivity contribution >= 4 is 44.3 Å². The average molecular weight is 424 g/mol. The Balaban J connectivity index is 1.57. The lowest BCUT2D eigenvalue weighted by molar-refractivity contribution is 0.0985. The number of fused-ring (bicyclic) bond motifs is 1. The molecule has 0 unspecified atom stereocenters. The summed E-state index contributed by atoms with van der Waals surface area (Å²) in [6.07, 6.45) is 2.24. The first-order chi connectivity index (χ1) is 14.3. The van der Waals surface area contributed by atoms with Crippen molar-refractivity contribution in [3.8, 4) is 0 Å². The molecule has 0 fully saturated rings. The minimum atomic E-state index is -3.56. The molecule has 30 heavy (non-hydrogen) atoms. The molecule has 2 heterocycles. The molecule has 0 bridgehead atoms. The molecular weight excluding hydrogens is 408 g/mol. The fourth-order valence-electron chi connectivity index (χ4n) is 2.90. The summed E-state index contributed by atoms with van der Waals surface area (Å²) in [6.45, 7) is 0. The minimum absolute atomic E-state index is 0.0397. The third kappa shape index (κ3) is 3.78. The van der Waals surface area contributed by atoms with E-state index in [2.05, 4.69) is 30.6 Å². The van der Waals surface area contributed by atoms with Crippen molar-refractivity contribution in [2.24, 2.45) is 0 Å². The molecule has 2 aromatic heterocycles.